The Morgan fingerprint density at radius 3 is 2.58 bits per heavy atom. The van der Waals surface area contributed by atoms with Crippen LogP contribution in [0.15, 0.2) is 30.5 Å². The maximum Gasteiger partial charge on any atom is 0.177 e. The second-order valence-electron chi connectivity index (χ2n) is 7.67. The molecule has 26 heavy (non-hydrogen) atoms. The van der Waals surface area contributed by atoms with Gasteiger partial charge in [-0.3, -0.25) is 5.10 Å². The largest absolute Gasteiger partial charge is 0.355 e. The fraction of sp³-hybridized carbons (Fsp3) is 0.450. The Morgan fingerprint density at radius 1 is 1.04 bits per heavy atom. The second-order valence-corrected chi connectivity index (χ2v) is 8.08. The number of aromatic nitrogens is 4. The molecule has 2 aliphatic rings. The first-order valence-electron chi connectivity index (χ1n) is 9.45. The Labute approximate surface area is 157 Å². The zero-order valence-corrected chi connectivity index (χ0v) is 15.5. The summed E-state index contributed by atoms with van der Waals surface area (Å²) in [7, 11) is 0. The Bertz CT molecular complexity index is 934. The molecule has 5 rings (SSSR count). The van der Waals surface area contributed by atoms with E-state index in [0.717, 1.165) is 41.3 Å². The lowest BCUT2D eigenvalue weighted by molar-refractivity contribution is 0.226. The van der Waals surface area contributed by atoms with Crippen molar-refractivity contribution in [3.63, 3.8) is 0 Å². The van der Waals surface area contributed by atoms with Gasteiger partial charge in [0.25, 0.3) is 0 Å². The van der Waals surface area contributed by atoms with E-state index in [9.17, 15) is 0 Å². The summed E-state index contributed by atoms with van der Waals surface area (Å²) in [5.41, 5.74) is 3.74. The molecule has 3 heterocycles. The molecular formula is C20H22ClN5. The number of benzene rings is 1. The first-order chi connectivity index (χ1) is 12.7. The third-order valence-electron chi connectivity index (χ3n) is 6.20. The van der Waals surface area contributed by atoms with Gasteiger partial charge in [-0.1, -0.05) is 42.6 Å². The highest BCUT2D eigenvalue weighted by molar-refractivity contribution is 6.33. The van der Waals surface area contributed by atoms with Crippen LogP contribution in [0.5, 0.6) is 0 Å². The van der Waals surface area contributed by atoms with E-state index in [4.69, 9.17) is 16.6 Å². The molecule has 0 radical (unpaired) electrons. The average Bonchev–Trinajstić information content (AvgIpc) is 3.30. The number of hydrogen-bond acceptors (Lipinski definition) is 4. The van der Waals surface area contributed by atoms with Gasteiger partial charge in [0.1, 0.15) is 17.0 Å². The minimum Gasteiger partial charge on any atom is -0.355 e. The van der Waals surface area contributed by atoms with Crippen molar-refractivity contribution in [1.29, 1.82) is 0 Å². The third-order valence-corrected chi connectivity index (χ3v) is 6.53. The van der Waals surface area contributed by atoms with Gasteiger partial charge in [-0.25, -0.2) is 9.97 Å². The maximum absolute atomic E-state index is 6.32. The van der Waals surface area contributed by atoms with E-state index in [-0.39, 0.29) is 0 Å². The number of nitrogens with one attached hydrogen (secondary N) is 1. The van der Waals surface area contributed by atoms with Crippen molar-refractivity contribution in [2.45, 2.75) is 38.5 Å². The number of rotatable bonds is 2. The van der Waals surface area contributed by atoms with Crippen molar-refractivity contribution < 1.29 is 0 Å². The summed E-state index contributed by atoms with van der Waals surface area (Å²) in [5.74, 6) is 0.944. The topological polar surface area (TPSA) is 57.7 Å². The number of nitrogens with zero attached hydrogens (tertiary/aromatic N) is 4. The fourth-order valence-corrected chi connectivity index (χ4v) is 4.85. The van der Waals surface area contributed by atoms with Crippen LogP contribution in [0.4, 0.5) is 5.82 Å². The zero-order valence-electron chi connectivity index (χ0n) is 14.7. The Morgan fingerprint density at radius 2 is 1.81 bits per heavy atom. The molecule has 5 nitrogen and oxygen atoms in total. The highest BCUT2D eigenvalue weighted by Gasteiger charge is 2.37. The van der Waals surface area contributed by atoms with Crippen LogP contribution < -0.4 is 4.90 Å². The van der Waals surface area contributed by atoms with E-state index in [1.165, 1.54) is 38.5 Å². The molecule has 0 amide bonds. The van der Waals surface area contributed by atoms with Gasteiger partial charge in [0.2, 0.25) is 0 Å². The molecule has 2 fully saturated rings. The maximum atomic E-state index is 6.32. The molecule has 6 heteroatoms. The molecule has 1 saturated carbocycles. The standard InChI is InChI=1S/C20H22ClN5/c21-15-6-2-1-5-14(15)17-18-19(25-24-17)23-16(13-22-18)26-11-9-20(10-12-26)7-3-4-8-20/h1-2,5-6,13H,3-4,7-12H2,(H,23,24,25). The molecule has 134 valence electrons. The lowest BCUT2D eigenvalue weighted by Gasteiger charge is -2.39. The zero-order chi connectivity index (χ0) is 17.6. The van der Waals surface area contributed by atoms with Crippen LogP contribution in [0.1, 0.15) is 38.5 Å². The van der Waals surface area contributed by atoms with Crippen molar-refractivity contribution >= 4 is 28.6 Å². The van der Waals surface area contributed by atoms with Gasteiger partial charge >= 0.3 is 0 Å². The van der Waals surface area contributed by atoms with Crippen molar-refractivity contribution in [3.05, 3.63) is 35.5 Å². The Kier molecular flexibility index (Phi) is 3.85. The van der Waals surface area contributed by atoms with Gasteiger partial charge in [-0.05, 0) is 37.2 Å². The summed E-state index contributed by atoms with van der Waals surface area (Å²) in [6, 6.07) is 7.69. The summed E-state index contributed by atoms with van der Waals surface area (Å²) < 4.78 is 0. The van der Waals surface area contributed by atoms with Crippen LogP contribution in [-0.2, 0) is 0 Å². The summed E-state index contributed by atoms with van der Waals surface area (Å²) in [6.45, 7) is 2.15. The van der Waals surface area contributed by atoms with Gasteiger partial charge in [0.05, 0.1) is 11.2 Å². The molecule has 2 aromatic heterocycles. The molecule has 1 saturated heterocycles. The van der Waals surface area contributed by atoms with Crippen molar-refractivity contribution in [3.8, 4) is 11.3 Å². The van der Waals surface area contributed by atoms with Crippen LogP contribution in [-0.4, -0.2) is 33.3 Å². The molecule has 1 aliphatic heterocycles. The van der Waals surface area contributed by atoms with Gasteiger partial charge in [0, 0.05) is 18.7 Å². The predicted molar refractivity (Wildman–Crippen MR) is 104 cm³/mol. The quantitative estimate of drug-likeness (QED) is 0.704. The number of hydrogen-bond donors (Lipinski definition) is 1. The second kappa shape index (κ2) is 6.23. The molecule has 1 aliphatic carbocycles. The summed E-state index contributed by atoms with van der Waals surface area (Å²) in [4.78, 5) is 11.8. The van der Waals surface area contributed by atoms with E-state index in [1.54, 1.807) is 0 Å². The van der Waals surface area contributed by atoms with Gasteiger partial charge in [-0.2, -0.15) is 5.10 Å². The minimum absolute atomic E-state index is 0.610. The first-order valence-corrected chi connectivity index (χ1v) is 9.83. The van der Waals surface area contributed by atoms with Gasteiger partial charge < -0.3 is 4.90 Å². The van der Waals surface area contributed by atoms with Crippen molar-refractivity contribution in [2.24, 2.45) is 5.41 Å². The smallest absolute Gasteiger partial charge is 0.177 e. The highest BCUT2D eigenvalue weighted by atomic mass is 35.5. The molecule has 0 atom stereocenters. The minimum atomic E-state index is 0.610. The Balaban J connectivity index is 1.42. The third kappa shape index (κ3) is 2.65. The SMILES string of the molecule is Clc1ccccc1-c1n[nH]c2nc(N3CCC4(CCCC4)CC3)cnc12. The predicted octanol–water partition coefficient (Wildman–Crippen LogP) is 4.83. The van der Waals surface area contributed by atoms with E-state index in [2.05, 4.69) is 20.1 Å². The summed E-state index contributed by atoms with van der Waals surface area (Å²) in [5, 5.41) is 8.12. The Hall–Kier alpha value is -2.14. The highest BCUT2D eigenvalue weighted by Crippen LogP contribution is 2.46. The lowest BCUT2D eigenvalue weighted by atomic mass is 9.77. The summed E-state index contributed by atoms with van der Waals surface area (Å²) in [6.07, 6.45) is 10.1. The number of fused-ring (bicyclic) bond motifs is 1. The van der Waals surface area contributed by atoms with E-state index in [0.29, 0.717) is 10.4 Å². The number of halogens is 1. The number of H-pyrrole nitrogens is 1. The molecule has 1 N–H and O–H groups in total. The normalized spacial score (nSPS) is 19.5. The van der Waals surface area contributed by atoms with Crippen LogP contribution in [0.25, 0.3) is 22.4 Å². The van der Waals surface area contributed by atoms with E-state index >= 15 is 0 Å². The van der Waals surface area contributed by atoms with Crippen LogP contribution >= 0.6 is 11.6 Å². The van der Waals surface area contributed by atoms with Crippen LogP contribution in [0.3, 0.4) is 0 Å². The fourth-order valence-electron chi connectivity index (χ4n) is 4.62. The molecule has 1 spiro atoms. The monoisotopic (exact) mass is 367 g/mol. The number of aromatic amines is 1. The molecule has 0 unspecified atom stereocenters. The molecular weight excluding hydrogens is 346 g/mol. The summed E-state index contributed by atoms with van der Waals surface area (Å²) >= 11 is 6.32. The van der Waals surface area contributed by atoms with E-state index in [1.807, 2.05) is 30.5 Å². The van der Waals surface area contributed by atoms with Crippen molar-refractivity contribution in [2.75, 3.05) is 18.0 Å². The van der Waals surface area contributed by atoms with E-state index < -0.39 is 0 Å². The van der Waals surface area contributed by atoms with Gasteiger partial charge in [-0.15, -0.1) is 0 Å². The molecule has 1 aromatic carbocycles. The number of anilines is 1. The lowest BCUT2D eigenvalue weighted by Crippen LogP contribution is -2.39. The molecule has 0 bridgehead atoms. The first kappa shape index (κ1) is 16.1. The van der Waals surface area contributed by atoms with Crippen LogP contribution in [0, 0.1) is 5.41 Å². The number of piperidine rings is 1. The average molecular weight is 368 g/mol. The van der Waals surface area contributed by atoms with Crippen LogP contribution in [0.2, 0.25) is 5.02 Å². The molecule has 3 aromatic rings. The van der Waals surface area contributed by atoms with Crippen molar-refractivity contribution in [1.82, 2.24) is 20.2 Å². The van der Waals surface area contributed by atoms with Gasteiger partial charge in [0.15, 0.2) is 5.65 Å².